The van der Waals surface area contributed by atoms with Crippen LogP contribution >= 0.6 is 0 Å². The molecule has 0 radical (unpaired) electrons. The molecule has 2 saturated heterocycles. The summed E-state index contributed by atoms with van der Waals surface area (Å²) >= 11 is 0. The van der Waals surface area contributed by atoms with Crippen molar-refractivity contribution in [1.82, 2.24) is 10.2 Å². The maximum absolute atomic E-state index is 13.8. The summed E-state index contributed by atoms with van der Waals surface area (Å²) in [5.41, 5.74) is 0.228. The van der Waals surface area contributed by atoms with Gasteiger partial charge in [-0.15, -0.1) is 0 Å². The number of hydrogen-bond donors (Lipinski definition) is 1. The normalized spacial score (nSPS) is 27.2. The molecule has 1 amide bonds. The molecule has 0 saturated carbocycles. The van der Waals surface area contributed by atoms with E-state index in [2.05, 4.69) is 12.2 Å². The summed E-state index contributed by atoms with van der Waals surface area (Å²) in [6.07, 6.45) is 2.11. The van der Waals surface area contributed by atoms with Crippen molar-refractivity contribution in [2.75, 3.05) is 26.2 Å². The Bertz CT molecular complexity index is 545. The van der Waals surface area contributed by atoms with Crippen LogP contribution in [-0.2, 0) is 16.1 Å². The van der Waals surface area contributed by atoms with E-state index >= 15 is 0 Å². The van der Waals surface area contributed by atoms with Crippen molar-refractivity contribution in [3.63, 3.8) is 0 Å². The van der Waals surface area contributed by atoms with Crippen LogP contribution in [0, 0.1) is 11.7 Å². The van der Waals surface area contributed by atoms with E-state index in [4.69, 9.17) is 4.74 Å². The highest BCUT2D eigenvalue weighted by molar-refractivity contribution is 5.78. The molecule has 120 valence electrons. The van der Waals surface area contributed by atoms with Gasteiger partial charge in [0, 0.05) is 12.1 Å². The first kappa shape index (κ1) is 15.4. The zero-order valence-electron chi connectivity index (χ0n) is 13.0. The minimum atomic E-state index is -0.332. The Labute approximate surface area is 130 Å². The molecule has 0 aromatic heterocycles. The Morgan fingerprint density at radius 3 is 2.82 bits per heavy atom. The SMILES string of the molecule is CC1(C2CCNCC2)CN(Cc2ccccc2F)C(=O)CO1. The van der Waals surface area contributed by atoms with Gasteiger partial charge in [-0.25, -0.2) is 4.39 Å². The van der Waals surface area contributed by atoms with Gasteiger partial charge in [-0.1, -0.05) is 18.2 Å². The monoisotopic (exact) mass is 306 g/mol. The van der Waals surface area contributed by atoms with Crippen LogP contribution in [0.15, 0.2) is 24.3 Å². The second kappa shape index (κ2) is 6.34. The molecule has 2 aliphatic rings. The molecular weight excluding hydrogens is 283 g/mol. The van der Waals surface area contributed by atoms with Gasteiger partial charge < -0.3 is 15.0 Å². The van der Waals surface area contributed by atoms with Crippen molar-refractivity contribution in [3.8, 4) is 0 Å². The lowest BCUT2D eigenvalue weighted by atomic mass is 9.81. The largest absolute Gasteiger partial charge is 0.363 e. The molecule has 5 heteroatoms. The fraction of sp³-hybridized carbons (Fsp3) is 0.588. The number of nitrogens with one attached hydrogen (secondary N) is 1. The summed E-state index contributed by atoms with van der Waals surface area (Å²) in [7, 11) is 0. The highest BCUT2D eigenvalue weighted by Crippen LogP contribution is 2.33. The number of nitrogens with zero attached hydrogens (tertiary/aromatic N) is 1. The Hall–Kier alpha value is -1.46. The number of halogens is 1. The molecule has 1 aromatic rings. The van der Waals surface area contributed by atoms with E-state index < -0.39 is 0 Å². The highest BCUT2D eigenvalue weighted by atomic mass is 19.1. The third kappa shape index (κ3) is 3.15. The molecule has 0 aliphatic carbocycles. The molecular formula is C17H23FN2O2. The van der Waals surface area contributed by atoms with Gasteiger partial charge in [-0.05, 0) is 44.8 Å². The molecule has 1 atom stereocenters. The topological polar surface area (TPSA) is 41.6 Å². The Kier molecular flexibility index (Phi) is 4.45. The van der Waals surface area contributed by atoms with Gasteiger partial charge in [0.1, 0.15) is 12.4 Å². The molecule has 1 unspecified atom stereocenters. The molecule has 2 fully saturated rings. The van der Waals surface area contributed by atoms with Crippen LogP contribution in [-0.4, -0.2) is 42.6 Å². The van der Waals surface area contributed by atoms with E-state index in [1.807, 2.05) is 0 Å². The first-order valence-electron chi connectivity index (χ1n) is 7.94. The number of benzene rings is 1. The zero-order chi connectivity index (χ0) is 15.6. The lowest BCUT2D eigenvalue weighted by Crippen LogP contribution is -2.57. The number of amides is 1. The minimum Gasteiger partial charge on any atom is -0.363 e. The summed E-state index contributed by atoms with van der Waals surface area (Å²) in [5, 5.41) is 3.35. The maximum atomic E-state index is 13.8. The molecule has 0 spiro atoms. The number of piperidine rings is 1. The van der Waals surface area contributed by atoms with Crippen LogP contribution < -0.4 is 5.32 Å². The summed E-state index contributed by atoms with van der Waals surface area (Å²) in [6, 6.07) is 6.64. The predicted octanol–water partition coefficient (Wildman–Crippen LogP) is 1.94. The van der Waals surface area contributed by atoms with E-state index in [0.717, 1.165) is 25.9 Å². The Morgan fingerprint density at radius 1 is 1.36 bits per heavy atom. The number of morpholine rings is 1. The summed E-state index contributed by atoms with van der Waals surface area (Å²) in [6.45, 7) is 5.01. The predicted molar refractivity (Wildman–Crippen MR) is 81.8 cm³/mol. The van der Waals surface area contributed by atoms with Crippen LogP contribution in [0.1, 0.15) is 25.3 Å². The van der Waals surface area contributed by atoms with E-state index in [1.54, 1.807) is 23.1 Å². The van der Waals surface area contributed by atoms with E-state index in [0.29, 0.717) is 24.6 Å². The van der Waals surface area contributed by atoms with Gasteiger partial charge in [0.25, 0.3) is 0 Å². The van der Waals surface area contributed by atoms with Gasteiger partial charge in [0.15, 0.2) is 0 Å². The van der Waals surface area contributed by atoms with Crippen molar-refractivity contribution in [2.24, 2.45) is 5.92 Å². The lowest BCUT2D eigenvalue weighted by molar-refractivity contribution is -0.172. The van der Waals surface area contributed by atoms with Gasteiger partial charge in [0.05, 0.1) is 12.1 Å². The minimum absolute atomic E-state index is 0.0605. The molecule has 22 heavy (non-hydrogen) atoms. The number of hydrogen-bond acceptors (Lipinski definition) is 3. The Morgan fingerprint density at radius 2 is 2.09 bits per heavy atom. The van der Waals surface area contributed by atoms with E-state index in [9.17, 15) is 9.18 Å². The average Bonchev–Trinajstić information content (AvgIpc) is 2.54. The molecule has 4 nitrogen and oxygen atoms in total. The first-order valence-corrected chi connectivity index (χ1v) is 7.94. The lowest BCUT2D eigenvalue weighted by Gasteiger charge is -2.46. The van der Waals surface area contributed by atoms with Crippen molar-refractivity contribution >= 4 is 5.91 Å². The van der Waals surface area contributed by atoms with Gasteiger partial charge >= 0.3 is 0 Å². The fourth-order valence-electron chi connectivity index (χ4n) is 3.49. The summed E-state index contributed by atoms with van der Waals surface area (Å²) < 4.78 is 19.7. The number of ether oxygens (including phenoxy) is 1. The van der Waals surface area contributed by atoms with Crippen molar-refractivity contribution in [1.29, 1.82) is 0 Å². The molecule has 2 heterocycles. The van der Waals surface area contributed by atoms with Crippen molar-refractivity contribution in [3.05, 3.63) is 35.6 Å². The number of carbonyl (C=O) groups excluding carboxylic acids is 1. The fourth-order valence-corrected chi connectivity index (χ4v) is 3.49. The standard InChI is InChI=1S/C17H23FN2O2/c1-17(14-6-8-19-9-7-14)12-20(16(21)11-22-17)10-13-4-2-3-5-15(13)18/h2-5,14,19H,6-12H2,1H3. The van der Waals surface area contributed by atoms with Crippen LogP contribution in [0.3, 0.4) is 0 Å². The Balaban J connectivity index is 1.73. The van der Waals surface area contributed by atoms with Crippen molar-refractivity contribution in [2.45, 2.75) is 31.9 Å². The second-order valence-corrected chi connectivity index (χ2v) is 6.47. The van der Waals surface area contributed by atoms with Crippen LogP contribution in [0.25, 0.3) is 0 Å². The molecule has 3 rings (SSSR count). The molecule has 1 N–H and O–H groups in total. The molecule has 2 aliphatic heterocycles. The van der Waals surface area contributed by atoms with Gasteiger partial charge in [0.2, 0.25) is 5.91 Å². The maximum Gasteiger partial charge on any atom is 0.249 e. The second-order valence-electron chi connectivity index (χ2n) is 6.47. The van der Waals surface area contributed by atoms with Crippen LogP contribution in [0.4, 0.5) is 4.39 Å². The highest BCUT2D eigenvalue weighted by Gasteiger charge is 2.42. The first-order chi connectivity index (χ1) is 10.6. The third-order valence-electron chi connectivity index (χ3n) is 4.90. The van der Waals surface area contributed by atoms with Gasteiger partial charge in [-0.2, -0.15) is 0 Å². The third-order valence-corrected chi connectivity index (χ3v) is 4.90. The van der Waals surface area contributed by atoms with Crippen LogP contribution in [0.2, 0.25) is 0 Å². The molecule has 1 aromatic carbocycles. The van der Waals surface area contributed by atoms with Crippen LogP contribution in [0.5, 0.6) is 0 Å². The number of carbonyl (C=O) groups is 1. The van der Waals surface area contributed by atoms with E-state index in [1.165, 1.54) is 6.07 Å². The van der Waals surface area contributed by atoms with Crippen molar-refractivity contribution < 1.29 is 13.9 Å². The number of rotatable bonds is 3. The summed E-state index contributed by atoms with van der Waals surface area (Å²) in [4.78, 5) is 13.9. The van der Waals surface area contributed by atoms with Gasteiger partial charge in [-0.3, -0.25) is 4.79 Å². The molecule has 0 bridgehead atoms. The summed E-state index contributed by atoms with van der Waals surface area (Å²) in [5.74, 6) is 0.116. The smallest absolute Gasteiger partial charge is 0.249 e. The van der Waals surface area contributed by atoms with E-state index in [-0.39, 0.29) is 23.9 Å². The zero-order valence-corrected chi connectivity index (χ0v) is 13.0. The quantitative estimate of drug-likeness (QED) is 0.928. The average molecular weight is 306 g/mol.